The number of hydrogen-bond acceptors (Lipinski definition) is 58. The molecule has 10 aliphatic heterocycles. The number of aliphatic hydroxyl groups excluding tert-OH is 18. The van der Waals surface area contributed by atoms with Gasteiger partial charge in [-0.1, -0.05) is 0 Å². The van der Waals surface area contributed by atoms with Crippen molar-refractivity contribution >= 4 is 9.84 Å². The summed E-state index contributed by atoms with van der Waals surface area (Å²) in [7, 11) is -3.71. The zero-order valence-corrected chi connectivity index (χ0v) is 79.7. The highest BCUT2D eigenvalue weighted by Crippen LogP contribution is 2.41. The average Bonchev–Trinajstić information content (AvgIpc) is 1.59. The summed E-state index contributed by atoms with van der Waals surface area (Å²) in [4.78, 5) is 0. The molecule has 0 bridgehead atoms. The number of nitrogens with two attached hydrogens (primary N) is 15. The summed E-state index contributed by atoms with van der Waals surface area (Å²) in [5.74, 6) is -0.176. The highest BCUT2D eigenvalue weighted by molar-refractivity contribution is 7.91. The molecule has 10 heterocycles. The molecule has 0 amide bonds. The van der Waals surface area contributed by atoms with Crippen LogP contribution in [0.15, 0.2) is 35.5 Å². The molecule has 0 aromatic rings. The third kappa shape index (κ3) is 29.7. The van der Waals surface area contributed by atoms with Crippen molar-refractivity contribution in [3.63, 3.8) is 0 Å². The first-order valence-electron chi connectivity index (χ1n) is 48.2. The SMILES string of the molecule is NCCS(=O)(=O)C[C@@H]1C[C@H](N)[C@@H](O[C@H]2OC(CNCC3(O)CCNCC3)=CC[C@H]2N)[C@H](O[C@@H]2O[C@H](CO)[C@@H](O[C@H]3O[C@@H](CN)[C@@H](O)[C@H](O)[C@H]3N)[C@H]2O)[C@H]1O.NC[C@@H]1O[C@H](O[C@H]2[C@@H](O)[C@H](O[C@@H]3[C@@H](O)[C@H](N)C[C@H](N)[C@H]3O[C@H]3OC(CNCC(O)CO)=CC[C@H]3N)O[C@@H]2CO)[C@H](N)[C@@H](O)[C@@H]1O.NC[C@@H]1O[C@H](O[C@H]2[C@@H](O)[C@H](O[C@@H]3[C@@H](O)[C@H](N)C[C@H](N)[C@H]3O[C@H]3OC(CNCCO)=CC[C@H]3N)O[C@@H]2CO)[C@H](N)[C@@H](O)[C@@H]1O. The Morgan fingerprint density at radius 2 is 0.704 bits per heavy atom. The molecule has 58 nitrogen and oxygen atoms in total. The van der Waals surface area contributed by atoms with Crippen molar-refractivity contribution in [3.8, 4) is 0 Å². The van der Waals surface area contributed by atoms with E-state index in [-0.39, 0.29) is 77.4 Å². The lowest BCUT2D eigenvalue weighted by Gasteiger charge is -2.46. The highest BCUT2D eigenvalue weighted by atomic mass is 32.2. The minimum atomic E-state index is -3.71. The molecule has 0 radical (unpaired) electrons. The van der Waals surface area contributed by atoms with Gasteiger partial charge in [-0.05, 0) is 82.7 Å². The molecule has 3 saturated carbocycles. The summed E-state index contributed by atoms with van der Waals surface area (Å²) in [5, 5.41) is 210. The van der Waals surface area contributed by atoms with Crippen LogP contribution in [0.1, 0.15) is 51.4 Å². The fourth-order valence-corrected chi connectivity index (χ4v) is 20.7. The second-order valence-corrected chi connectivity index (χ2v) is 40.6. The number of ether oxygens (including phenoxy) is 18. The van der Waals surface area contributed by atoms with Gasteiger partial charge in [-0.2, -0.15) is 0 Å². The maximum Gasteiger partial charge on any atom is 0.215 e. The molecular weight excluding hydrogens is 1920 g/mol. The lowest BCUT2D eigenvalue weighted by Crippen LogP contribution is -2.65. The van der Waals surface area contributed by atoms with Crippen LogP contribution in [0.25, 0.3) is 0 Å². The fraction of sp³-hybridized carbons (Fsp3) is 0.928. The Morgan fingerprint density at radius 1 is 0.380 bits per heavy atom. The van der Waals surface area contributed by atoms with Crippen LogP contribution < -0.4 is 107 Å². The van der Waals surface area contributed by atoms with Crippen LogP contribution in [0.5, 0.6) is 0 Å². The van der Waals surface area contributed by atoms with E-state index in [0.717, 1.165) is 0 Å². The summed E-state index contributed by atoms with van der Waals surface area (Å²) in [5.41, 5.74) is 90.3. The van der Waals surface area contributed by atoms with E-state index in [2.05, 4.69) is 21.3 Å². The minimum absolute atomic E-state index is 0.00160. The van der Waals surface area contributed by atoms with Crippen LogP contribution >= 0.6 is 0 Å². The Kier molecular flexibility index (Phi) is 45.7. The molecule has 49 atom stereocenters. The molecule has 0 spiro atoms. The first kappa shape index (κ1) is 119. The minimum Gasteiger partial charge on any atom is -0.467 e. The van der Waals surface area contributed by atoms with Crippen LogP contribution in [-0.4, -0.2) is 528 Å². The molecule has 59 heteroatoms. The number of nitrogens with one attached hydrogen (secondary N) is 4. The molecule has 142 heavy (non-hydrogen) atoms. The van der Waals surface area contributed by atoms with Crippen molar-refractivity contribution < 1.29 is 191 Å². The maximum atomic E-state index is 12.8. The topological polar surface area (TPSA) is 1020 Å². The molecule has 13 aliphatic rings. The van der Waals surface area contributed by atoms with Gasteiger partial charge < -0.3 is 290 Å². The van der Waals surface area contributed by atoms with Gasteiger partial charge in [0.1, 0.15) is 164 Å². The van der Waals surface area contributed by atoms with Gasteiger partial charge in [-0.15, -0.1) is 0 Å². The molecular formula is C83H159N19O39S. The van der Waals surface area contributed by atoms with Gasteiger partial charge in [0.15, 0.2) is 47.6 Å². The maximum absolute atomic E-state index is 12.8. The van der Waals surface area contributed by atoms with Crippen LogP contribution in [-0.2, 0) is 95.1 Å². The second kappa shape index (κ2) is 54.6. The van der Waals surface area contributed by atoms with E-state index in [1.165, 1.54) is 0 Å². The van der Waals surface area contributed by atoms with E-state index in [4.69, 9.17) is 181 Å². The lowest BCUT2D eigenvalue weighted by molar-refractivity contribution is -0.283. The number of sulfone groups is 1. The van der Waals surface area contributed by atoms with Gasteiger partial charge in [0.25, 0.3) is 0 Å². The van der Waals surface area contributed by atoms with Gasteiger partial charge in [0.2, 0.25) is 18.9 Å². The van der Waals surface area contributed by atoms with E-state index in [1.807, 2.05) is 6.08 Å². The van der Waals surface area contributed by atoms with Crippen molar-refractivity contribution in [3.05, 3.63) is 35.5 Å². The van der Waals surface area contributed by atoms with E-state index in [0.29, 0.717) is 82.1 Å². The predicted molar refractivity (Wildman–Crippen MR) is 488 cm³/mol. The third-order valence-electron chi connectivity index (χ3n) is 27.6. The largest absolute Gasteiger partial charge is 0.467 e. The van der Waals surface area contributed by atoms with Crippen LogP contribution in [0.2, 0.25) is 0 Å². The Bertz CT molecular complexity index is 3960. The Hall–Kier alpha value is -3.55. The molecule has 826 valence electrons. The molecule has 3 aliphatic carbocycles. The smallest absolute Gasteiger partial charge is 0.215 e. The standard InChI is InChI=1S/C32H61N7O14S.C26H50N6O13.C25H48N6O12/c33-5-8-54(46,47)13-15-9-18(36)26(51-29-17(35)2-1-16(48-29)11-39-14-32(45)3-6-38-7-4-32)28(22(15)41)53-31-25(44)27(20(12-40)50-31)52-30-21(37)24(43)23(42)19(10-34)49-30;27-4-14-18(37)19(38)16(31)25(41-14)44-22-15(8-34)42-26(20(22)39)45-23-17(36)12(29)3-13(30)21(23)43-24-11(28)2-1-10(40-24)6-32-5-9(35)7-33;26-6-13-17(35)18(36)15(30)24(39-13)42-21-14(8-33)40-25(19(21)37)43-22-16(34)11(28)5-12(29)20(22)41-23-10(27)2-1-9(38-23)7-31-3-4-32/h1,15,17-31,38-45H,2-14,33-37H2;1,9,11-26,32-39H,2-8,27-31H2;1,10-25,31-37H,2-8,26-30H2/t15-,17+,18-,19-,20+,21+,22-,23+,24+,25+,26+,27+,28+,29+,30+,31-;9?,11-,12-,13+,14+,15-,16-,17+,18-,19-,20-,21-,22-,23-,24-,25-,26+;10-,11-,12+,13+,14-,15-,16+,17-,18-,19-,20-,21-,22-,23-,24-,25+/m011/s1. The third-order valence-corrected chi connectivity index (χ3v) is 29.4. The number of hydrogen-bond donors (Lipinski definition) is 38. The summed E-state index contributed by atoms with van der Waals surface area (Å²) >= 11 is 0. The molecule has 0 aromatic heterocycles. The zero-order chi connectivity index (χ0) is 104. The summed E-state index contributed by atoms with van der Waals surface area (Å²) < 4.78 is 132. The summed E-state index contributed by atoms with van der Waals surface area (Å²) in [6.07, 6.45) is -39.4. The Balaban J connectivity index is 0.000000205. The Labute approximate surface area is 820 Å². The first-order chi connectivity index (χ1) is 67.5. The van der Waals surface area contributed by atoms with Gasteiger partial charge in [-0.25, -0.2) is 8.42 Å². The normalized spacial score (nSPS) is 45.4. The van der Waals surface area contributed by atoms with E-state index in [9.17, 15) is 95.2 Å². The number of piperidine rings is 1. The van der Waals surface area contributed by atoms with Gasteiger partial charge in [0.05, 0.1) is 130 Å². The molecule has 13 rings (SSSR count). The van der Waals surface area contributed by atoms with Crippen molar-refractivity contribution in [2.75, 3.05) is 123 Å². The summed E-state index contributed by atoms with van der Waals surface area (Å²) in [6.45, 7) is 0.131. The van der Waals surface area contributed by atoms with Gasteiger partial charge in [-0.3, -0.25) is 0 Å². The Morgan fingerprint density at radius 3 is 1.04 bits per heavy atom. The summed E-state index contributed by atoms with van der Waals surface area (Å²) in [6, 6.07) is -9.61. The molecule has 7 saturated heterocycles. The molecule has 53 N–H and O–H groups in total. The fourth-order valence-electron chi connectivity index (χ4n) is 19.2. The average molecular weight is 2080 g/mol. The number of aliphatic hydroxyl groups is 19. The zero-order valence-electron chi connectivity index (χ0n) is 78.8. The molecule has 1 unspecified atom stereocenters. The van der Waals surface area contributed by atoms with E-state index >= 15 is 0 Å². The van der Waals surface area contributed by atoms with Crippen LogP contribution in [0.4, 0.5) is 0 Å². The van der Waals surface area contributed by atoms with Crippen molar-refractivity contribution in [1.29, 1.82) is 0 Å². The molecule has 10 fully saturated rings. The highest BCUT2D eigenvalue weighted by Gasteiger charge is 2.60. The number of rotatable bonds is 41. The van der Waals surface area contributed by atoms with Crippen LogP contribution in [0, 0.1) is 5.92 Å². The monoisotopic (exact) mass is 2080 g/mol. The van der Waals surface area contributed by atoms with Gasteiger partial charge >= 0.3 is 0 Å². The van der Waals surface area contributed by atoms with Crippen LogP contribution in [0.3, 0.4) is 0 Å². The van der Waals surface area contributed by atoms with E-state index in [1.54, 1.807) is 12.2 Å². The van der Waals surface area contributed by atoms with Crippen molar-refractivity contribution in [2.24, 2.45) is 91.9 Å². The first-order valence-corrected chi connectivity index (χ1v) is 50.0. The van der Waals surface area contributed by atoms with Gasteiger partial charge in [0, 0.05) is 81.9 Å². The van der Waals surface area contributed by atoms with Crippen molar-refractivity contribution in [2.45, 2.75) is 351 Å². The molecule has 0 aromatic carbocycles. The second-order valence-electron chi connectivity index (χ2n) is 38.3. The predicted octanol–water partition coefficient (Wildman–Crippen LogP) is -22.1. The quantitative estimate of drug-likeness (QED) is 0.0253. The van der Waals surface area contributed by atoms with Crippen molar-refractivity contribution in [1.82, 2.24) is 21.3 Å². The lowest BCUT2D eigenvalue weighted by atomic mass is 9.80. The van der Waals surface area contributed by atoms with E-state index < -0.39 is 348 Å².